The standard InChI is InChI=1S/C13H14FN3O/c1-7-4-9(6-10(14)5-7)13-16-12(17-18-13)11(15)8-2-3-8/h4-6,8,11H,2-3,15H2,1H3. The van der Waals surface area contributed by atoms with Crippen molar-refractivity contribution < 1.29 is 8.91 Å². The third-order valence-corrected chi connectivity index (χ3v) is 3.16. The van der Waals surface area contributed by atoms with Crippen LogP contribution in [0, 0.1) is 18.7 Å². The van der Waals surface area contributed by atoms with E-state index < -0.39 is 0 Å². The van der Waals surface area contributed by atoms with Crippen molar-refractivity contribution in [2.24, 2.45) is 11.7 Å². The Morgan fingerprint density at radius 2 is 2.17 bits per heavy atom. The summed E-state index contributed by atoms with van der Waals surface area (Å²) in [5.41, 5.74) is 7.40. The molecular weight excluding hydrogens is 233 g/mol. The first kappa shape index (κ1) is 11.3. The zero-order valence-corrected chi connectivity index (χ0v) is 10.1. The van der Waals surface area contributed by atoms with Gasteiger partial charge in [-0.05, 0) is 49.4 Å². The smallest absolute Gasteiger partial charge is 0.258 e. The fraction of sp³-hybridized carbons (Fsp3) is 0.385. The predicted molar refractivity (Wildman–Crippen MR) is 64.1 cm³/mol. The second-order valence-electron chi connectivity index (χ2n) is 4.84. The minimum Gasteiger partial charge on any atom is -0.334 e. The van der Waals surface area contributed by atoms with Gasteiger partial charge in [0.05, 0.1) is 6.04 Å². The van der Waals surface area contributed by atoms with Crippen LogP contribution in [0.3, 0.4) is 0 Å². The van der Waals surface area contributed by atoms with Gasteiger partial charge in [0.1, 0.15) is 5.82 Å². The average molecular weight is 247 g/mol. The zero-order valence-electron chi connectivity index (χ0n) is 10.1. The van der Waals surface area contributed by atoms with Crippen LogP contribution in [0.1, 0.15) is 30.3 Å². The number of hydrogen-bond acceptors (Lipinski definition) is 4. The monoisotopic (exact) mass is 247 g/mol. The maximum atomic E-state index is 13.3. The number of rotatable bonds is 3. The molecule has 1 atom stereocenters. The Balaban J connectivity index is 1.92. The number of nitrogens with two attached hydrogens (primary N) is 1. The fourth-order valence-corrected chi connectivity index (χ4v) is 2.01. The molecule has 3 rings (SSSR count). The van der Waals surface area contributed by atoms with Crippen molar-refractivity contribution in [3.8, 4) is 11.5 Å². The van der Waals surface area contributed by atoms with E-state index in [1.807, 2.05) is 13.0 Å². The first-order valence-electron chi connectivity index (χ1n) is 6.00. The molecule has 1 fully saturated rings. The molecule has 5 heteroatoms. The highest BCUT2D eigenvalue weighted by molar-refractivity contribution is 5.54. The van der Waals surface area contributed by atoms with Gasteiger partial charge in [-0.3, -0.25) is 0 Å². The topological polar surface area (TPSA) is 64.9 Å². The lowest BCUT2D eigenvalue weighted by Gasteiger charge is -2.02. The number of halogens is 1. The quantitative estimate of drug-likeness (QED) is 0.905. The molecule has 0 bridgehead atoms. The van der Waals surface area contributed by atoms with Crippen molar-refractivity contribution in [1.82, 2.24) is 10.1 Å². The van der Waals surface area contributed by atoms with E-state index in [1.165, 1.54) is 12.1 Å². The molecule has 2 N–H and O–H groups in total. The molecular formula is C13H14FN3O. The highest BCUT2D eigenvalue weighted by atomic mass is 19.1. The number of aryl methyl sites for hydroxylation is 1. The largest absolute Gasteiger partial charge is 0.334 e. The number of benzene rings is 1. The predicted octanol–water partition coefficient (Wildman–Crippen LogP) is 2.59. The van der Waals surface area contributed by atoms with Crippen LogP contribution in [-0.4, -0.2) is 10.1 Å². The summed E-state index contributed by atoms with van der Waals surface area (Å²) in [5, 5.41) is 3.88. The molecule has 1 aliphatic rings. The van der Waals surface area contributed by atoms with E-state index in [2.05, 4.69) is 10.1 Å². The van der Waals surface area contributed by atoms with E-state index in [1.54, 1.807) is 0 Å². The van der Waals surface area contributed by atoms with Crippen molar-refractivity contribution in [2.45, 2.75) is 25.8 Å². The van der Waals surface area contributed by atoms with Crippen LogP contribution < -0.4 is 5.73 Å². The van der Waals surface area contributed by atoms with Gasteiger partial charge in [-0.1, -0.05) is 5.16 Å². The summed E-state index contributed by atoms with van der Waals surface area (Å²) >= 11 is 0. The number of nitrogens with zero attached hydrogens (tertiary/aromatic N) is 2. The van der Waals surface area contributed by atoms with Crippen LogP contribution in [0.25, 0.3) is 11.5 Å². The lowest BCUT2D eigenvalue weighted by atomic mass is 10.1. The lowest BCUT2D eigenvalue weighted by molar-refractivity contribution is 0.411. The molecule has 0 amide bonds. The second kappa shape index (κ2) is 4.17. The van der Waals surface area contributed by atoms with Crippen molar-refractivity contribution >= 4 is 0 Å². The maximum absolute atomic E-state index is 13.3. The summed E-state index contributed by atoms with van der Waals surface area (Å²) in [6, 6.07) is 4.48. The molecule has 0 spiro atoms. The fourth-order valence-electron chi connectivity index (χ4n) is 2.01. The van der Waals surface area contributed by atoms with Crippen molar-refractivity contribution in [3.63, 3.8) is 0 Å². The van der Waals surface area contributed by atoms with Crippen LogP contribution in [-0.2, 0) is 0 Å². The Kier molecular flexibility index (Phi) is 2.63. The summed E-state index contributed by atoms with van der Waals surface area (Å²) in [7, 11) is 0. The summed E-state index contributed by atoms with van der Waals surface area (Å²) in [5.74, 6) is 0.985. The third-order valence-electron chi connectivity index (χ3n) is 3.16. The minimum absolute atomic E-state index is 0.169. The van der Waals surface area contributed by atoms with Crippen molar-refractivity contribution in [3.05, 3.63) is 35.4 Å². The van der Waals surface area contributed by atoms with E-state index in [-0.39, 0.29) is 11.9 Å². The average Bonchev–Trinajstić information content (AvgIpc) is 3.04. The molecule has 1 aromatic heterocycles. The summed E-state index contributed by atoms with van der Waals surface area (Å²) in [6.07, 6.45) is 2.23. The van der Waals surface area contributed by atoms with Crippen LogP contribution in [0.15, 0.2) is 22.7 Å². The normalized spacial score (nSPS) is 16.8. The first-order chi connectivity index (χ1) is 8.63. The second-order valence-corrected chi connectivity index (χ2v) is 4.84. The summed E-state index contributed by atoms with van der Waals surface area (Å²) < 4.78 is 18.5. The third kappa shape index (κ3) is 2.13. The highest BCUT2D eigenvalue weighted by Crippen LogP contribution is 2.38. The Morgan fingerprint density at radius 3 is 2.83 bits per heavy atom. The number of aromatic nitrogens is 2. The van der Waals surface area contributed by atoms with Gasteiger partial charge in [-0.2, -0.15) is 4.98 Å². The van der Waals surface area contributed by atoms with Gasteiger partial charge in [-0.15, -0.1) is 0 Å². The molecule has 1 saturated carbocycles. The van der Waals surface area contributed by atoms with E-state index in [0.717, 1.165) is 18.4 Å². The van der Waals surface area contributed by atoms with Crippen LogP contribution >= 0.6 is 0 Å². The Bertz CT molecular complexity index is 557. The van der Waals surface area contributed by atoms with Gasteiger partial charge in [0.2, 0.25) is 0 Å². The van der Waals surface area contributed by atoms with Crippen LogP contribution in [0.2, 0.25) is 0 Å². The number of hydrogen-bond donors (Lipinski definition) is 1. The van der Waals surface area contributed by atoms with Crippen molar-refractivity contribution in [2.75, 3.05) is 0 Å². The SMILES string of the molecule is Cc1cc(F)cc(-c2nc(C(N)C3CC3)no2)c1. The van der Waals surface area contributed by atoms with Gasteiger partial charge in [0, 0.05) is 5.56 Å². The van der Waals surface area contributed by atoms with Gasteiger partial charge in [-0.25, -0.2) is 4.39 Å². The molecule has 0 radical (unpaired) electrons. The molecule has 0 aliphatic heterocycles. The molecule has 1 unspecified atom stereocenters. The van der Waals surface area contributed by atoms with Gasteiger partial charge in [0.25, 0.3) is 5.89 Å². The Morgan fingerprint density at radius 1 is 1.39 bits per heavy atom. The molecule has 1 aliphatic carbocycles. The minimum atomic E-state index is -0.309. The molecule has 4 nitrogen and oxygen atoms in total. The molecule has 0 saturated heterocycles. The van der Waals surface area contributed by atoms with Gasteiger partial charge < -0.3 is 10.3 Å². The van der Waals surface area contributed by atoms with E-state index >= 15 is 0 Å². The molecule has 18 heavy (non-hydrogen) atoms. The Hall–Kier alpha value is -1.75. The Labute approximate surface area is 104 Å². The van der Waals surface area contributed by atoms with E-state index in [9.17, 15) is 4.39 Å². The van der Waals surface area contributed by atoms with Crippen molar-refractivity contribution in [1.29, 1.82) is 0 Å². The highest BCUT2D eigenvalue weighted by Gasteiger charge is 2.32. The van der Waals surface area contributed by atoms with Gasteiger partial charge in [0.15, 0.2) is 5.82 Å². The van der Waals surface area contributed by atoms with Gasteiger partial charge >= 0.3 is 0 Å². The van der Waals surface area contributed by atoms with Crippen LogP contribution in [0.5, 0.6) is 0 Å². The lowest BCUT2D eigenvalue weighted by Crippen LogP contribution is -2.13. The first-order valence-corrected chi connectivity index (χ1v) is 6.00. The molecule has 1 aromatic carbocycles. The maximum Gasteiger partial charge on any atom is 0.258 e. The van der Waals surface area contributed by atoms with Crippen LogP contribution in [0.4, 0.5) is 4.39 Å². The molecule has 1 heterocycles. The van der Waals surface area contributed by atoms with E-state index in [4.69, 9.17) is 10.3 Å². The molecule has 2 aromatic rings. The molecule has 94 valence electrons. The van der Waals surface area contributed by atoms with E-state index in [0.29, 0.717) is 23.2 Å². The summed E-state index contributed by atoms with van der Waals surface area (Å²) in [4.78, 5) is 4.25. The summed E-state index contributed by atoms with van der Waals surface area (Å²) in [6.45, 7) is 1.82. The zero-order chi connectivity index (χ0) is 12.7.